The summed E-state index contributed by atoms with van der Waals surface area (Å²) in [6.45, 7) is 6.51. The molecule has 0 aliphatic carbocycles. The van der Waals surface area contributed by atoms with Crippen LogP contribution in [0.25, 0.3) is 0 Å². The number of morpholine rings is 1. The van der Waals surface area contributed by atoms with Crippen molar-refractivity contribution in [1.29, 1.82) is 0 Å². The maximum absolute atomic E-state index is 12.4. The number of aryl methyl sites for hydroxylation is 1. The van der Waals surface area contributed by atoms with Crippen LogP contribution in [-0.2, 0) is 11.3 Å². The van der Waals surface area contributed by atoms with Gasteiger partial charge in [-0.3, -0.25) is 9.69 Å². The molecule has 0 saturated carbocycles. The second kappa shape index (κ2) is 6.86. The first-order valence-electron chi connectivity index (χ1n) is 7.73. The maximum atomic E-state index is 12.4. The van der Waals surface area contributed by atoms with Crippen molar-refractivity contribution in [3.05, 3.63) is 70.8 Å². The van der Waals surface area contributed by atoms with E-state index in [0.29, 0.717) is 0 Å². The summed E-state index contributed by atoms with van der Waals surface area (Å²) >= 11 is 0. The van der Waals surface area contributed by atoms with Gasteiger partial charge in [0, 0.05) is 30.8 Å². The minimum absolute atomic E-state index is 0.0814. The largest absolute Gasteiger partial charge is 0.379 e. The van der Waals surface area contributed by atoms with E-state index in [1.54, 1.807) is 0 Å². The van der Waals surface area contributed by atoms with Gasteiger partial charge in [-0.1, -0.05) is 54.1 Å². The highest BCUT2D eigenvalue weighted by atomic mass is 16.5. The summed E-state index contributed by atoms with van der Waals surface area (Å²) in [6, 6.07) is 15.7. The molecule has 1 aliphatic rings. The molecule has 1 aliphatic heterocycles. The van der Waals surface area contributed by atoms with E-state index < -0.39 is 0 Å². The Morgan fingerprint density at radius 2 is 1.50 bits per heavy atom. The molecule has 0 atom stereocenters. The quantitative estimate of drug-likeness (QED) is 0.812. The van der Waals surface area contributed by atoms with Gasteiger partial charge in [0.25, 0.3) is 0 Å². The Bertz CT molecular complexity index is 625. The molecule has 3 rings (SSSR count). The van der Waals surface area contributed by atoms with E-state index in [1.165, 1.54) is 5.56 Å². The SMILES string of the molecule is Cc1ccc(C(=O)c2ccc(CN3CCOCC3)cc2)cc1. The summed E-state index contributed by atoms with van der Waals surface area (Å²) in [5.41, 5.74) is 3.89. The van der Waals surface area contributed by atoms with Crippen molar-refractivity contribution in [3.8, 4) is 0 Å². The van der Waals surface area contributed by atoms with Crippen LogP contribution in [0.4, 0.5) is 0 Å². The fourth-order valence-corrected chi connectivity index (χ4v) is 2.65. The number of ether oxygens (including phenoxy) is 1. The molecule has 0 N–H and O–H groups in total. The molecule has 3 heteroatoms. The third-order valence-electron chi connectivity index (χ3n) is 4.04. The summed E-state index contributed by atoms with van der Waals surface area (Å²) < 4.78 is 5.36. The number of benzene rings is 2. The van der Waals surface area contributed by atoms with Gasteiger partial charge in [-0.2, -0.15) is 0 Å². The van der Waals surface area contributed by atoms with Crippen LogP contribution < -0.4 is 0 Å². The zero-order valence-electron chi connectivity index (χ0n) is 12.9. The van der Waals surface area contributed by atoms with Crippen molar-refractivity contribution in [1.82, 2.24) is 4.90 Å². The van der Waals surface area contributed by atoms with E-state index >= 15 is 0 Å². The molecule has 0 aromatic heterocycles. The zero-order valence-corrected chi connectivity index (χ0v) is 12.9. The third kappa shape index (κ3) is 3.62. The predicted octanol–water partition coefficient (Wildman–Crippen LogP) is 3.06. The minimum Gasteiger partial charge on any atom is -0.379 e. The van der Waals surface area contributed by atoms with E-state index in [2.05, 4.69) is 17.0 Å². The fourth-order valence-electron chi connectivity index (χ4n) is 2.65. The lowest BCUT2D eigenvalue weighted by Gasteiger charge is -2.26. The summed E-state index contributed by atoms with van der Waals surface area (Å²) in [6.07, 6.45) is 0. The lowest BCUT2D eigenvalue weighted by Crippen LogP contribution is -2.35. The van der Waals surface area contributed by atoms with Crippen molar-refractivity contribution in [3.63, 3.8) is 0 Å². The van der Waals surface area contributed by atoms with Crippen molar-refractivity contribution in [2.24, 2.45) is 0 Å². The molecule has 22 heavy (non-hydrogen) atoms. The first kappa shape index (κ1) is 14.9. The first-order valence-corrected chi connectivity index (χ1v) is 7.73. The van der Waals surface area contributed by atoms with Gasteiger partial charge in [-0.25, -0.2) is 0 Å². The average molecular weight is 295 g/mol. The van der Waals surface area contributed by atoms with E-state index in [9.17, 15) is 4.79 Å². The summed E-state index contributed by atoms with van der Waals surface area (Å²) in [5.74, 6) is 0.0814. The lowest BCUT2D eigenvalue weighted by atomic mass is 10.0. The Kier molecular flexibility index (Phi) is 4.66. The monoisotopic (exact) mass is 295 g/mol. The summed E-state index contributed by atoms with van der Waals surface area (Å²) in [4.78, 5) is 14.8. The van der Waals surface area contributed by atoms with E-state index in [1.807, 2.05) is 43.3 Å². The van der Waals surface area contributed by atoms with Crippen molar-refractivity contribution in [2.75, 3.05) is 26.3 Å². The number of hydrogen-bond acceptors (Lipinski definition) is 3. The Morgan fingerprint density at radius 3 is 2.09 bits per heavy atom. The van der Waals surface area contributed by atoms with E-state index in [0.717, 1.165) is 49.5 Å². The number of ketones is 1. The van der Waals surface area contributed by atoms with Gasteiger partial charge < -0.3 is 4.74 Å². The molecule has 0 unspecified atom stereocenters. The smallest absolute Gasteiger partial charge is 0.193 e. The Morgan fingerprint density at radius 1 is 0.955 bits per heavy atom. The molecule has 2 aromatic rings. The Balaban J connectivity index is 1.68. The molecule has 0 amide bonds. The van der Waals surface area contributed by atoms with Gasteiger partial charge in [0.15, 0.2) is 5.78 Å². The Hall–Kier alpha value is -1.97. The summed E-state index contributed by atoms with van der Waals surface area (Å²) in [5, 5.41) is 0. The molecule has 114 valence electrons. The molecular formula is C19H21NO2. The van der Waals surface area contributed by atoms with Gasteiger partial charge in [-0.05, 0) is 12.5 Å². The molecular weight excluding hydrogens is 274 g/mol. The molecule has 1 heterocycles. The number of carbonyl (C=O) groups excluding carboxylic acids is 1. The molecule has 1 saturated heterocycles. The second-order valence-electron chi connectivity index (χ2n) is 5.78. The molecule has 1 fully saturated rings. The van der Waals surface area contributed by atoms with Gasteiger partial charge in [0.05, 0.1) is 13.2 Å². The van der Waals surface area contributed by atoms with Crippen LogP contribution >= 0.6 is 0 Å². The topological polar surface area (TPSA) is 29.5 Å². The molecule has 0 bridgehead atoms. The average Bonchev–Trinajstić information content (AvgIpc) is 2.57. The van der Waals surface area contributed by atoms with Gasteiger partial charge in [0.1, 0.15) is 0 Å². The van der Waals surface area contributed by atoms with Crippen molar-refractivity contribution < 1.29 is 9.53 Å². The summed E-state index contributed by atoms with van der Waals surface area (Å²) in [7, 11) is 0. The third-order valence-corrected chi connectivity index (χ3v) is 4.04. The molecule has 0 spiro atoms. The number of nitrogens with zero attached hydrogens (tertiary/aromatic N) is 1. The van der Waals surface area contributed by atoms with E-state index in [-0.39, 0.29) is 5.78 Å². The highest BCUT2D eigenvalue weighted by Gasteiger charge is 2.12. The minimum atomic E-state index is 0.0814. The van der Waals surface area contributed by atoms with Crippen LogP contribution in [-0.4, -0.2) is 37.0 Å². The number of carbonyl (C=O) groups is 1. The lowest BCUT2D eigenvalue weighted by molar-refractivity contribution is 0.0342. The van der Waals surface area contributed by atoms with Crippen LogP contribution in [0.3, 0.4) is 0 Å². The van der Waals surface area contributed by atoms with Gasteiger partial charge in [-0.15, -0.1) is 0 Å². The molecule has 3 nitrogen and oxygen atoms in total. The standard InChI is InChI=1S/C19H21NO2/c1-15-2-6-17(7-3-15)19(21)18-8-4-16(5-9-18)14-20-10-12-22-13-11-20/h2-9H,10-14H2,1H3. The zero-order chi connectivity index (χ0) is 15.4. The van der Waals surface area contributed by atoms with E-state index in [4.69, 9.17) is 4.74 Å². The normalized spacial score (nSPS) is 15.7. The van der Waals surface area contributed by atoms with Crippen LogP contribution in [0.1, 0.15) is 27.0 Å². The molecule has 2 aromatic carbocycles. The second-order valence-corrected chi connectivity index (χ2v) is 5.78. The van der Waals surface area contributed by atoms with Crippen LogP contribution in [0.2, 0.25) is 0 Å². The van der Waals surface area contributed by atoms with Crippen molar-refractivity contribution in [2.45, 2.75) is 13.5 Å². The molecule has 0 radical (unpaired) electrons. The Labute approximate surface area is 131 Å². The van der Waals surface area contributed by atoms with Crippen LogP contribution in [0, 0.1) is 6.92 Å². The van der Waals surface area contributed by atoms with Crippen molar-refractivity contribution >= 4 is 5.78 Å². The van der Waals surface area contributed by atoms with Crippen LogP contribution in [0.15, 0.2) is 48.5 Å². The fraction of sp³-hybridized carbons (Fsp3) is 0.316. The highest BCUT2D eigenvalue weighted by Crippen LogP contribution is 2.14. The van der Waals surface area contributed by atoms with Gasteiger partial charge >= 0.3 is 0 Å². The maximum Gasteiger partial charge on any atom is 0.193 e. The number of hydrogen-bond donors (Lipinski definition) is 0. The van der Waals surface area contributed by atoms with Gasteiger partial charge in [0.2, 0.25) is 0 Å². The number of rotatable bonds is 4. The van der Waals surface area contributed by atoms with Crippen LogP contribution in [0.5, 0.6) is 0 Å². The first-order chi connectivity index (χ1) is 10.7. The highest BCUT2D eigenvalue weighted by molar-refractivity contribution is 6.08. The predicted molar refractivity (Wildman–Crippen MR) is 87.1 cm³/mol.